The van der Waals surface area contributed by atoms with E-state index in [0.717, 1.165) is 45.4 Å². The fourth-order valence-corrected chi connectivity index (χ4v) is 5.45. The van der Waals surface area contributed by atoms with Crippen molar-refractivity contribution in [3.8, 4) is 10.4 Å². The van der Waals surface area contributed by atoms with Crippen LogP contribution in [-0.4, -0.2) is 53.6 Å². The number of likely N-dealkylation sites (tertiary alicyclic amines) is 2. The molecule has 1 N–H and O–H groups in total. The van der Waals surface area contributed by atoms with Gasteiger partial charge in [0.25, 0.3) is 0 Å². The summed E-state index contributed by atoms with van der Waals surface area (Å²) in [5.41, 5.74) is 1.05. The molecule has 0 radical (unpaired) electrons. The zero-order valence-corrected chi connectivity index (χ0v) is 15.9. The third-order valence-electron chi connectivity index (χ3n) is 5.73. The number of piperidine rings is 1. The number of β-amino-alcohol motifs (C(OH)–C–C–N with tert-alkyl or cyclic N) is 1. The van der Waals surface area contributed by atoms with Crippen LogP contribution >= 0.6 is 11.3 Å². The second-order valence-corrected chi connectivity index (χ2v) is 8.66. The molecule has 26 heavy (non-hydrogen) atoms. The fraction of sp³-hybridized carbons (Fsp3) is 0.476. The van der Waals surface area contributed by atoms with Gasteiger partial charge < -0.3 is 10.0 Å². The molecule has 0 unspecified atom stereocenters. The van der Waals surface area contributed by atoms with Gasteiger partial charge in [-0.3, -0.25) is 9.69 Å². The van der Waals surface area contributed by atoms with Crippen LogP contribution in [0.3, 0.4) is 0 Å². The van der Waals surface area contributed by atoms with E-state index in [2.05, 4.69) is 41.3 Å². The van der Waals surface area contributed by atoms with Crippen LogP contribution in [0, 0.1) is 5.41 Å². The molecule has 4 nitrogen and oxygen atoms in total. The maximum Gasteiger partial charge on any atom is 0.230 e. The van der Waals surface area contributed by atoms with E-state index in [0.29, 0.717) is 6.54 Å². The molecule has 138 valence electrons. The molecule has 2 saturated heterocycles. The Morgan fingerprint density at radius 1 is 1.08 bits per heavy atom. The smallest absolute Gasteiger partial charge is 0.230 e. The van der Waals surface area contributed by atoms with Crippen LogP contribution in [0.25, 0.3) is 10.4 Å². The zero-order valence-electron chi connectivity index (χ0n) is 15.1. The normalized spacial score (nSPS) is 23.9. The van der Waals surface area contributed by atoms with E-state index in [4.69, 9.17) is 0 Å². The molecule has 2 fully saturated rings. The van der Waals surface area contributed by atoms with Gasteiger partial charge >= 0.3 is 0 Å². The summed E-state index contributed by atoms with van der Waals surface area (Å²) in [5.74, 6) is 0.261. The minimum atomic E-state index is -0.215. The van der Waals surface area contributed by atoms with E-state index in [-0.39, 0.29) is 17.9 Å². The number of benzene rings is 1. The number of hydrogen-bond acceptors (Lipinski definition) is 4. The van der Waals surface area contributed by atoms with Gasteiger partial charge in [0.15, 0.2) is 0 Å². The fourth-order valence-electron chi connectivity index (χ4n) is 4.40. The molecule has 1 spiro atoms. The first-order valence-electron chi connectivity index (χ1n) is 9.47. The van der Waals surface area contributed by atoms with Crippen LogP contribution in [0.1, 0.15) is 24.1 Å². The maximum absolute atomic E-state index is 12.9. The molecule has 4 rings (SSSR count). The Kier molecular flexibility index (Phi) is 5.11. The van der Waals surface area contributed by atoms with E-state index in [1.165, 1.54) is 15.3 Å². The summed E-state index contributed by atoms with van der Waals surface area (Å²) in [6.45, 7) is 4.09. The molecule has 0 aliphatic carbocycles. The van der Waals surface area contributed by atoms with E-state index in [9.17, 15) is 9.90 Å². The highest BCUT2D eigenvalue weighted by atomic mass is 32.1. The number of amides is 1. The summed E-state index contributed by atoms with van der Waals surface area (Å²) in [7, 11) is 0. The molecule has 1 amide bonds. The Morgan fingerprint density at radius 2 is 1.92 bits per heavy atom. The minimum Gasteiger partial charge on any atom is -0.395 e. The van der Waals surface area contributed by atoms with Crippen LogP contribution in [0.15, 0.2) is 42.5 Å². The first-order chi connectivity index (χ1) is 12.7. The van der Waals surface area contributed by atoms with Crippen LogP contribution in [0.5, 0.6) is 0 Å². The number of thiophene rings is 1. The molecule has 3 heterocycles. The lowest BCUT2D eigenvalue weighted by atomic mass is 9.78. The van der Waals surface area contributed by atoms with Crippen molar-refractivity contribution in [3.05, 3.63) is 47.3 Å². The number of nitrogens with zero attached hydrogens (tertiary/aromatic N) is 2. The summed E-state index contributed by atoms with van der Waals surface area (Å²) in [5, 5.41) is 9.21. The van der Waals surface area contributed by atoms with Crippen molar-refractivity contribution in [2.45, 2.75) is 25.8 Å². The molecule has 2 aromatic rings. The second kappa shape index (κ2) is 7.51. The van der Waals surface area contributed by atoms with Crippen LogP contribution in [0.4, 0.5) is 0 Å². The molecular weight excluding hydrogens is 344 g/mol. The standard InChI is InChI=1S/C21H26N2O2S/c24-14-13-23-11-4-9-21(20(23)25)10-12-22(16-21)15-18-7-8-19(26-18)17-5-2-1-3-6-17/h1-3,5-8,24H,4,9-16H2/t21-/m0/s1. The quantitative estimate of drug-likeness (QED) is 0.879. The SMILES string of the molecule is O=C1N(CCO)CCC[C@@]12CCN(Cc1ccc(-c3ccccc3)s1)C2. The molecule has 2 aliphatic heterocycles. The molecule has 1 atom stereocenters. The highest BCUT2D eigenvalue weighted by Crippen LogP contribution is 2.41. The van der Waals surface area contributed by atoms with Gasteiger partial charge in [-0.05, 0) is 43.5 Å². The van der Waals surface area contributed by atoms with Crippen molar-refractivity contribution in [3.63, 3.8) is 0 Å². The number of rotatable bonds is 5. The van der Waals surface area contributed by atoms with Crippen molar-refractivity contribution in [1.82, 2.24) is 9.80 Å². The van der Waals surface area contributed by atoms with E-state index >= 15 is 0 Å². The summed E-state index contributed by atoms with van der Waals surface area (Å²) in [6.07, 6.45) is 2.99. The summed E-state index contributed by atoms with van der Waals surface area (Å²) in [6, 6.07) is 14.9. The average molecular weight is 371 g/mol. The molecule has 0 saturated carbocycles. The predicted molar refractivity (Wildman–Crippen MR) is 105 cm³/mol. The van der Waals surface area contributed by atoms with Gasteiger partial charge in [0.05, 0.1) is 12.0 Å². The first kappa shape index (κ1) is 17.7. The lowest BCUT2D eigenvalue weighted by Crippen LogP contribution is -2.50. The Balaban J connectivity index is 1.42. The van der Waals surface area contributed by atoms with Crippen molar-refractivity contribution in [2.24, 2.45) is 5.41 Å². The lowest BCUT2D eigenvalue weighted by Gasteiger charge is -2.39. The third kappa shape index (κ3) is 3.43. The van der Waals surface area contributed by atoms with Gasteiger partial charge in [-0.15, -0.1) is 11.3 Å². The first-order valence-corrected chi connectivity index (χ1v) is 10.3. The van der Waals surface area contributed by atoms with Crippen LogP contribution in [0.2, 0.25) is 0 Å². The predicted octanol–water partition coefficient (Wildman–Crippen LogP) is 3.22. The summed E-state index contributed by atoms with van der Waals surface area (Å²) < 4.78 is 0. The topological polar surface area (TPSA) is 43.8 Å². The van der Waals surface area contributed by atoms with Gasteiger partial charge in [0, 0.05) is 35.9 Å². The molecule has 1 aromatic heterocycles. The average Bonchev–Trinajstić information content (AvgIpc) is 3.29. The molecule has 0 bridgehead atoms. The largest absolute Gasteiger partial charge is 0.395 e. The highest BCUT2D eigenvalue weighted by molar-refractivity contribution is 7.15. The van der Waals surface area contributed by atoms with Crippen molar-refractivity contribution in [1.29, 1.82) is 0 Å². The van der Waals surface area contributed by atoms with Crippen molar-refractivity contribution in [2.75, 3.05) is 32.8 Å². The Bertz CT molecular complexity index is 758. The van der Waals surface area contributed by atoms with Gasteiger partial charge in [0.1, 0.15) is 0 Å². The molecule has 2 aliphatic rings. The van der Waals surface area contributed by atoms with Crippen LogP contribution < -0.4 is 0 Å². The number of carbonyl (C=O) groups excluding carboxylic acids is 1. The Morgan fingerprint density at radius 3 is 2.73 bits per heavy atom. The van der Waals surface area contributed by atoms with Gasteiger partial charge in [-0.25, -0.2) is 0 Å². The zero-order chi connectivity index (χ0) is 18.0. The minimum absolute atomic E-state index is 0.0585. The Hall–Kier alpha value is -1.69. The van der Waals surface area contributed by atoms with Crippen LogP contribution in [-0.2, 0) is 11.3 Å². The number of carbonyl (C=O) groups is 1. The van der Waals surface area contributed by atoms with E-state index < -0.39 is 0 Å². The maximum atomic E-state index is 12.9. The van der Waals surface area contributed by atoms with E-state index in [1.807, 2.05) is 22.3 Å². The summed E-state index contributed by atoms with van der Waals surface area (Å²) in [4.78, 5) is 19.9. The monoisotopic (exact) mass is 370 g/mol. The van der Waals surface area contributed by atoms with Gasteiger partial charge in [-0.1, -0.05) is 30.3 Å². The highest BCUT2D eigenvalue weighted by Gasteiger charge is 2.48. The lowest BCUT2D eigenvalue weighted by molar-refractivity contribution is -0.146. The molecule has 5 heteroatoms. The summed E-state index contributed by atoms with van der Waals surface area (Å²) >= 11 is 1.85. The molecule has 1 aromatic carbocycles. The van der Waals surface area contributed by atoms with Crippen molar-refractivity contribution >= 4 is 17.2 Å². The Labute approximate surface area is 159 Å². The second-order valence-electron chi connectivity index (χ2n) is 7.49. The van der Waals surface area contributed by atoms with Crippen molar-refractivity contribution < 1.29 is 9.90 Å². The van der Waals surface area contributed by atoms with Gasteiger partial charge in [0.2, 0.25) is 5.91 Å². The van der Waals surface area contributed by atoms with E-state index in [1.54, 1.807) is 0 Å². The number of aliphatic hydroxyl groups is 1. The number of hydrogen-bond donors (Lipinski definition) is 1. The molecular formula is C21H26N2O2S. The number of aliphatic hydroxyl groups excluding tert-OH is 1. The third-order valence-corrected chi connectivity index (χ3v) is 6.85. The van der Waals surface area contributed by atoms with Gasteiger partial charge in [-0.2, -0.15) is 0 Å².